The Labute approximate surface area is 223 Å². The summed E-state index contributed by atoms with van der Waals surface area (Å²) in [6.45, 7) is 7.70. The van der Waals surface area contributed by atoms with Crippen LogP contribution in [0.15, 0.2) is 24.4 Å². The lowest BCUT2D eigenvalue weighted by molar-refractivity contribution is -0.140. The van der Waals surface area contributed by atoms with Gasteiger partial charge in [-0.25, -0.2) is 14.6 Å². The van der Waals surface area contributed by atoms with E-state index in [9.17, 15) is 18.3 Å². The van der Waals surface area contributed by atoms with Crippen LogP contribution < -0.4 is 4.90 Å². The van der Waals surface area contributed by atoms with E-state index >= 15 is 0 Å². The Morgan fingerprint density at radius 2 is 1.89 bits per heavy atom. The minimum absolute atomic E-state index is 0.0626. The van der Waals surface area contributed by atoms with Gasteiger partial charge in [0, 0.05) is 36.2 Å². The average molecular weight is 557 g/mol. The molecule has 2 aliphatic rings. The quantitative estimate of drug-likeness (QED) is 0.444. The van der Waals surface area contributed by atoms with Gasteiger partial charge >= 0.3 is 6.18 Å². The first-order valence-corrected chi connectivity index (χ1v) is 13.2. The van der Waals surface area contributed by atoms with E-state index in [1.807, 2.05) is 0 Å². The Hall–Kier alpha value is -2.14. The largest absolute Gasteiger partial charge is 0.437 e. The molecule has 0 spiro atoms. The minimum Gasteiger partial charge on any atom is -0.392 e. The number of benzene rings is 1. The zero-order chi connectivity index (χ0) is 26.5. The monoisotopic (exact) mass is 556 g/mol. The summed E-state index contributed by atoms with van der Waals surface area (Å²) in [5.41, 5.74) is -0.710. The van der Waals surface area contributed by atoms with E-state index in [1.54, 1.807) is 32.0 Å². The number of hydrogen-bond acceptors (Lipinski definition) is 6. The highest BCUT2D eigenvalue weighted by Crippen LogP contribution is 2.38. The van der Waals surface area contributed by atoms with Crippen molar-refractivity contribution in [1.82, 2.24) is 24.6 Å². The number of fused-ring (bicyclic) bond motifs is 1. The molecule has 2 aromatic heterocycles. The number of halogens is 5. The lowest BCUT2D eigenvalue weighted by Crippen LogP contribution is -2.54. The lowest BCUT2D eigenvalue weighted by Gasteiger charge is -2.47. The van der Waals surface area contributed by atoms with E-state index in [0.717, 1.165) is 39.0 Å². The second kappa shape index (κ2) is 10.2. The third-order valence-corrected chi connectivity index (χ3v) is 7.97. The first-order chi connectivity index (χ1) is 17.5. The Kier molecular flexibility index (Phi) is 7.30. The highest BCUT2D eigenvalue weighted by atomic mass is 35.5. The van der Waals surface area contributed by atoms with E-state index in [-0.39, 0.29) is 17.3 Å². The van der Waals surface area contributed by atoms with E-state index in [0.29, 0.717) is 39.8 Å². The van der Waals surface area contributed by atoms with Crippen molar-refractivity contribution in [2.24, 2.45) is 11.8 Å². The van der Waals surface area contributed by atoms with Gasteiger partial charge in [-0.1, -0.05) is 29.3 Å². The fourth-order valence-electron chi connectivity index (χ4n) is 5.50. The molecule has 0 saturated carbocycles. The molecule has 4 heterocycles. The van der Waals surface area contributed by atoms with Crippen molar-refractivity contribution in [3.8, 4) is 0 Å². The Balaban J connectivity index is 1.40. The molecule has 1 N–H and O–H groups in total. The van der Waals surface area contributed by atoms with Crippen LogP contribution in [0.1, 0.15) is 44.0 Å². The van der Waals surface area contributed by atoms with Crippen LogP contribution in [0.5, 0.6) is 0 Å². The van der Waals surface area contributed by atoms with Crippen molar-refractivity contribution in [1.29, 1.82) is 0 Å². The number of likely N-dealkylation sites (tertiary alicyclic amines) is 1. The Morgan fingerprint density at radius 1 is 1.14 bits per heavy atom. The Morgan fingerprint density at radius 3 is 2.57 bits per heavy atom. The van der Waals surface area contributed by atoms with Crippen molar-refractivity contribution in [2.45, 2.75) is 45.0 Å². The summed E-state index contributed by atoms with van der Waals surface area (Å²) < 4.78 is 42.7. The van der Waals surface area contributed by atoms with Gasteiger partial charge in [0.05, 0.1) is 18.3 Å². The van der Waals surface area contributed by atoms with Gasteiger partial charge in [0.1, 0.15) is 11.3 Å². The van der Waals surface area contributed by atoms with Crippen LogP contribution in [0.2, 0.25) is 10.0 Å². The summed E-state index contributed by atoms with van der Waals surface area (Å²) in [4.78, 5) is 13.1. The smallest absolute Gasteiger partial charge is 0.392 e. The number of aliphatic hydroxyl groups excluding tert-OH is 1. The van der Waals surface area contributed by atoms with Crippen LogP contribution in [0.4, 0.5) is 19.0 Å². The predicted octanol–water partition coefficient (Wildman–Crippen LogP) is 5.29. The molecule has 2 fully saturated rings. The second-order valence-electron chi connectivity index (χ2n) is 10.2. The van der Waals surface area contributed by atoms with Gasteiger partial charge in [-0.3, -0.25) is 0 Å². The summed E-state index contributed by atoms with van der Waals surface area (Å²) in [6.07, 6.45) is -1.38. The summed E-state index contributed by atoms with van der Waals surface area (Å²) in [5, 5.41) is 14.4. The average Bonchev–Trinajstić information content (AvgIpc) is 3.17. The molecule has 7 nitrogen and oxygen atoms in total. The summed E-state index contributed by atoms with van der Waals surface area (Å²) in [7, 11) is 0. The van der Waals surface area contributed by atoms with E-state index < -0.39 is 17.9 Å². The van der Waals surface area contributed by atoms with Crippen LogP contribution in [-0.2, 0) is 6.18 Å². The molecule has 3 atom stereocenters. The van der Waals surface area contributed by atoms with Gasteiger partial charge in [-0.15, -0.1) is 0 Å². The number of anilines is 1. The topological polar surface area (TPSA) is 70.3 Å². The molecule has 2 unspecified atom stereocenters. The molecule has 2 saturated heterocycles. The standard InChI is InChI=1S/C25H29Cl2F3N6O/c1-14(37)10-34-7-3-4-16(11-34)17-12-35(13-17)21-9-31-22-23(25(28,29)30)33-36(24(22)32-21)15(2)19-6-5-18(26)8-20(19)27/h5-6,8-9,14-17,37H,3-4,7,10-13H2,1-2H3/t14?,15-,16?/m1/s1. The summed E-state index contributed by atoms with van der Waals surface area (Å²) in [6, 6.07) is 4.24. The van der Waals surface area contributed by atoms with Gasteiger partial charge in [0.2, 0.25) is 0 Å². The van der Waals surface area contributed by atoms with Crippen LogP contribution in [0, 0.1) is 11.8 Å². The van der Waals surface area contributed by atoms with E-state index in [4.69, 9.17) is 23.2 Å². The number of alkyl halides is 3. The zero-order valence-electron chi connectivity index (χ0n) is 20.6. The maximum absolute atomic E-state index is 13.8. The molecule has 37 heavy (non-hydrogen) atoms. The van der Waals surface area contributed by atoms with Crippen molar-refractivity contribution < 1.29 is 18.3 Å². The first kappa shape index (κ1) is 26.5. The third-order valence-electron chi connectivity index (χ3n) is 7.40. The van der Waals surface area contributed by atoms with Crippen molar-refractivity contribution in [2.75, 3.05) is 37.6 Å². The fourth-order valence-corrected chi connectivity index (χ4v) is 6.06. The highest BCUT2D eigenvalue weighted by molar-refractivity contribution is 6.35. The Bertz CT molecular complexity index is 1280. The van der Waals surface area contributed by atoms with Crippen molar-refractivity contribution in [3.63, 3.8) is 0 Å². The number of aromatic nitrogens is 4. The first-order valence-electron chi connectivity index (χ1n) is 12.4. The number of hydrogen-bond donors (Lipinski definition) is 1. The van der Waals surface area contributed by atoms with Crippen LogP contribution in [0.3, 0.4) is 0 Å². The highest BCUT2D eigenvalue weighted by Gasteiger charge is 2.40. The molecule has 3 aromatic rings. The van der Waals surface area contributed by atoms with E-state index in [2.05, 4.69) is 24.9 Å². The molecule has 12 heteroatoms. The lowest BCUT2D eigenvalue weighted by atomic mass is 9.80. The molecule has 1 aromatic carbocycles. The van der Waals surface area contributed by atoms with Gasteiger partial charge in [0.25, 0.3) is 0 Å². The summed E-state index contributed by atoms with van der Waals surface area (Å²) in [5.74, 6) is 1.52. The van der Waals surface area contributed by atoms with Crippen molar-refractivity contribution >= 4 is 40.2 Å². The minimum atomic E-state index is -4.68. The number of nitrogens with zero attached hydrogens (tertiary/aromatic N) is 6. The number of β-amino-alcohol motifs (C(OH)–C–C–N with tert-alkyl or cyclic N) is 1. The number of aliphatic hydroxyl groups is 1. The maximum Gasteiger partial charge on any atom is 0.437 e. The van der Waals surface area contributed by atoms with Gasteiger partial charge in [-0.2, -0.15) is 18.3 Å². The van der Waals surface area contributed by atoms with Gasteiger partial charge in [-0.05, 0) is 62.8 Å². The summed E-state index contributed by atoms with van der Waals surface area (Å²) >= 11 is 12.4. The number of piperidine rings is 1. The molecule has 200 valence electrons. The number of rotatable bonds is 6. The molecular formula is C25H29Cl2F3N6O. The maximum atomic E-state index is 13.8. The molecular weight excluding hydrogens is 528 g/mol. The second-order valence-corrected chi connectivity index (χ2v) is 11.1. The normalized spacial score (nSPS) is 21.3. The fraction of sp³-hybridized carbons (Fsp3) is 0.560. The van der Waals surface area contributed by atoms with Crippen molar-refractivity contribution in [3.05, 3.63) is 45.7 Å². The van der Waals surface area contributed by atoms with Crippen LogP contribution >= 0.6 is 23.2 Å². The molecule has 0 amide bonds. The molecule has 0 aliphatic carbocycles. The predicted molar refractivity (Wildman–Crippen MR) is 137 cm³/mol. The third kappa shape index (κ3) is 5.39. The van der Waals surface area contributed by atoms with Crippen LogP contribution in [-0.4, -0.2) is 68.6 Å². The molecule has 0 bridgehead atoms. The van der Waals surface area contributed by atoms with E-state index in [1.165, 1.54) is 10.9 Å². The van der Waals surface area contributed by atoms with Gasteiger partial charge < -0.3 is 14.9 Å². The van der Waals surface area contributed by atoms with Gasteiger partial charge in [0.15, 0.2) is 11.3 Å². The SMILES string of the molecule is CC(O)CN1CCCC(C2CN(c3cnc4c(C(F)(F)F)nn([C@H](C)c5ccc(Cl)cc5Cl)c4n3)C2)C1. The molecule has 0 radical (unpaired) electrons. The molecule has 2 aliphatic heterocycles. The zero-order valence-corrected chi connectivity index (χ0v) is 22.1. The van der Waals surface area contributed by atoms with Crippen LogP contribution in [0.25, 0.3) is 11.2 Å². The molecule has 5 rings (SSSR count).